The van der Waals surface area contributed by atoms with Crippen LogP contribution in [0.1, 0.15) is 57.4 Å². The van der Waals surface area contributed by atoms with E-state index in [1.54, 1.807) is 4.90 Å². The van der Waals surface area contributed by atoms with E-state index in [-0.39, 0.29) is 24.5 Å². The number of ether oxygens (including phenoxy) is 3. The van der Waals surface area contributed by atoms with Crippen molar-refractivity contribution in [2.45, 2.75) is 64.5 Å². The summed E-state index contributed by atoms with van der Waals surface area (Å²) in [6.45, 7) is 4.80. The second-order valence-corrected chi connectivity index (χ2v) is 7.86. The van der Waals surface area contributed by atoms with Crippen molar-refractivity contribution in [3.05, 3.63) is 23.8 Å². The molecule has 0 aromatic heterocycles. The van der Waals surface area contributed by atoms with Gasteiger partial charge in [-0.2, -0.15) is 0 Å². The number of nitrogens with one attached hydrogen (secondary N) is 1. The van der Waals surface area contributed by atoms with Crippen molar-refractivity contribution in [2.24, 2.45) is 0 Å². The lowest BCUT2D eigenvalue weighted by Crippen LogP contribution is -2.40. The SMILES string of the molecule is CCOc1cccc2c1OCCCCCNC(=O)CN(C(=O)CCC1CCCO1)C2. The number of benzene rings is 1. The van der Waals surface area contributed by atoms with E-state index in [9.17, 15) is 9.59 Å². The smallest absolute Gasteiger partial charge is 0.239 e. The van der Waals surface area contributed by atoms with Crippen LogP contribution >= 0.6 is 0 Å². The molecular weight excluding hydrogens is 384 g/mol. The molecule has 0 aliphatic carbocycles. The minimum absolute atomic E-state index is 0.0386. The largest absolute Gasteiger partial charge is 0.490 e. The number of hydrogen-bond acceptors (Lipinski definition) is 5. The van der Waals surface area contributed by atoms with Gasteiger partial charge in [-0.25, -0.2) is 0 Å². The van der Waals surface area contributed by atoms with Crippen LogP contribution < -0.4 is 14.8 Å². The fraction of sp³-hybridized carbons (Fsp3) is 0.652. The third-order valence-electron chi connectivity index (χ3n) is 5.50. The van der Waals surface area contributed by atoms with Gasteiger partial charge < -0.3 is 24.4 Å². The number of carbonyl (C=O) groups is 2. The first kappa shape index (κ1) is 22.4. The monoisotopic (exact) mass is 418 g/mol. The Balaban J connectivity index is 1.78. The summed E-state index contributed by atoms with van der Waals surface area (Å²) in [5, 5.41) is 2.94. The van der Waals surface area contributed by atoms with Crippen LogP contribution in [0.2, 0.25) is 0 Å². The van der Waals surface area contributed by atoms with Crippen molar-refractivity contribution >= 4 is 11.8 Å². The van der Waals surface area contributed by atoms with Crippen LogP contribution in [0.3, 0.4) is 0 Å². The molecule has 2 aliphatic heterocycles. The fourth-order valence-corrected chi connectivity index (χ4v) is 3.91. The molecule has 1 unspecified atom stereocenters. The molecule has 7 heteroatoms. The van der Waals surface area contributed by atoms with Crippen molar-refractivity contribution in [3.63, 3.8) is 0 Å². The summed E-state index contributed by atoms with van der Waals surface area (Å²) in [6.07, 6.45) is 6.04. The van der Waals surface area contributed by atoms with Crippen molar-refractivity contribution in [1.29, 1.82) is 0 Å². The van der Waals surface area contributed by atoms with Crippen molar-refractivity contribution in [2.75, 3.05) is 32.9 Å². The Morgan fingerprint density at radius 3 is 2.90 bits per heavy atom. The predicted molar refractivity (Wildman–Crippen MR) is 114 cm³/mol. The Morgan fingerprint density at radius 1 is 1.20 bits per heavy atom. The van der Waals surface area contributed by atoms with E-state index in [1.807, 2.05) is 25.1 Å². The van der Waals surface area contributed by atoms with Gasteiger partial charge in [-0.15, -0.1) is 0 Å². The van der Waals surface area contributed by atoms with Crippen molar-refractivity contribution < 1.29 is 23.8 Å². The number of amides is 2. The van der Waals surface area contributed by atoms with E-state index < -0.39 is 0 Å². The molecule has 0 radical (unpaired) electrons. The van der Waals surface area contributed by atoms with Gasteiger partial charge in [0.25, 0.3) is 0 Å². The molecule has 7 nitrogen and oxygen atoms in total. The minimum Gasteiger partial charge on any atom is -0.490 e. The molecule has 0 bridgehead atoms. The summed E-state index contributed by atoms with van der Waals surface area (Å²) in [5.41, 5.74) is 0.860. The van der Waals surface area contributed by atoms with E-state index in [0.29, 0.717) is 50.6 Å². The Hall–Kier alpha value is -2.28. The zero-order chi connectivity index (χ0) is 21.2. The van der Waals surface area contributed by atoms with Gasteiger partial charge in [-0.05, 0) is 51.5 Å². The number of para-hydroxylation sites is 1. The first-order valence-corrected chi connectivity index (χ1v) is 11.2. The highest BCUT2D eigenvalue weighted by Gasteiger charge is 2.23. The summed E-state index contributed by atoms with van der Waals surface area (Å²) >= 11 is 0. The molecule has 30 heavy (non-hydrogen) atoms. The molecule has 0 saturated carbocycles. The molecule has 3 rings (SSSR count). The van der Waals surface area contributed by atoms with Crippen LogP contribution in [0.15, 0.2) is 18.2 Å². The number of carbonyl (C=O) groups excluding carboxylic acids is 2. The van der Waals surface area contributed by atoms with Crippen LogP contribution in [0.4, 0.5) is 0 Å². The molecule has 1 aromatic carbocycles. The third-order valence-corrected chi connectivity index (χ3v) is 5.50. The molecule has 2 heterocycles. The molecule has 1 aromatic rings. The summed E-state index contributed by atoms with van der Waals surface area (Å²) < 4.78 is 17.5. The second-order valence-electron chi connectivity index (χ2n) is 7.86. The normalized spacial score (nSPS) is 20.8. The van der Waals surface area contributed by atoms with Crippen molar-refractivity contribution in [1.82, 2.24) is 10.2 Å². The molecule has 1 fully saturated rings. The van der Waals surface area contributed by atoms with Crippen LogP contribution in [0.25, 0.3) is 0 Å². The maximum Gasteiger partial charge on any atom is 0.239 e. The predicted octanol–water partition coefficient (Wildman–Crippen LogP) is 3.05. The number of nitrogens with zero attached hydrogens (tertiary/aromatic N) is 1. The van der Waals surface area contributed by atoms with Gasteiger partial charge in [0, 0.05) is 31.7 Å². The Kier molecular flexibility index (Phi) is 8.81. The molecule has 2 amide bonds. The Labute approximate surface area is 179 Å². The molecule has 2 aliphatic rings. The number of rotatable bonds is 5. The van der Waals surface area contributed by atoms with Crippen LogP contribution in [0.5, 0.6) is 11.5 Å². The van der Waals surface area contributed by atoms with Crippen LogP contribution in [-0.4, -0.2) is 55.7 Å². The maximum absolute atomic E-state index is 13.0. The molecule has 1 saturated heterocycles. The van der Waals surface area contributed by atoms with Gasteiger partial charge in [0.2, 0.25) is 11.8 Å². The Bertz CT molecular complexity index is 703. The summed E-state index contributed by atoms with van der Waals surface area (Å²) in [4.78, 5) is 27.1. The highest BCUT2D eigenvalue weighted by molar-refractivity contribution is 5.84. The number of hydrogen-bond donors (Lipinski definition) is 1. The number of fused-ring (bicyclic) bond motifs is 1. The van der Waals surface area contributed by atoms with Gasteiger partial charge in [0.1, 0.15) is 0 Å². The lowest BCUT2D eigenvalue weighted by Gasteiger charge is -2.25. The summed E-state index contributed by atoms with van der Waals surface area (Å²) in [6, 6.07) is 5.73. The van der Waals surface area contributed by atoms with Crippen molar-refractivity contribution in [3.8, 4) is 11.5 Å². The van der Waals surface area contributed by atoms with Gasteiger partial charge >= 0.3 is 0 Å². The third kappa shape index (κ3) is 6.62. The zero-order valence-electron chi connectivity index (χ0n) is 18.0. The fourth-order valence-electron chi connectivity index (χ4n) is 3.91. The summed E-state index contributed by atoms with van der Waals surface area (Å²) in [5.74, 6) is 1.20. The van der Waals surface area contributed by atoms with E-state index in [1.165, 1.54) is 0 Å². The summed E-state index contributed by atoms with van der Waals surface area (Å²) in [7, 11) is 0. The van der Waals surface area contributed by atoms with E-state index in [4.69, 9.17) is 14.2 Å². The maximum atomic E-state index is 13.0. The molecule has 0 spiro atoms. The standard InChI is InChI=1S/C23H34N2O5/c1-2-28-20-10-6-8-18-16-25(22(27)12-11-19-9-7-15-29-19)17-21(26)24-13-4-3-5-14-30-23(18)20/h6,8,10,19H,2-5,7,9,11-17H2,1H3,(H,24,26). The Morgan fingerprint density at radius 2 is 2.10 bits per heavy atom. The van der Waals surface area contributed by atoms with Crippen LogP contribution in [-0.2, 0) is 20.9 Å². The van der Waals surface area contributed by atoms with Gasteiger partial charge in [-0.1, -0.05) is 12.1 Å². The van der Waals surface area contributed by atoms with Gasteiger partial charge in [0.05, 0.1) is 25.9 Å². The first-order valence-electron chi connectivity index (χ1n) is 11.2. The molecule has 1 N–H and O–H groups in total. The average molecular weight is 419 g/mol. The molecule has 1 atom stereocenters. The lowest BCUT2D eigenvalue weighted by atomic mass is 10.1. The van der Waals surface area contributed by atoms with Gasteiger partial charge in [0.15, 0.2) is 11.5 Å². The minimum atomic E-state index is -0.122. The highest BCUT2D eigenvalue weighted by Crippen LogP contribution is 2.33. The zero-order valence-corrected chi connectivity index (χ0v) is 18.0. The second kappa shape index (κ2) is 11.8. The highest BCUT2D eigenvalue weighted by atomic mass is 16.5. The van der Waals surface area contributed by atoms with Crippen LogP contribution in [0, 0.1) is 0 Å². The quantitative estimate of drug-likeness (QED) is 0.795. The van der Waals surface area contributed by atoms with E-state index in [2.05, 4.69) is 5.32 Å². The first-order chi connectivity index (χ1) is 14.7. The van der Waals surface area contributed by atoms with Gasteiger partial charge in [-0.3, -0.25) is 9.59 Å². The molecular formula is C23H34N2O5. The van der Waals surface area contributed by atoms with E-state index in [0.717, 1.165) is 44.3 Å². The van der Waals surface area contributed by atoms with E-state index >= 15 is 0 Å². The molecule has 166 valence electrons. The lowest BCUT2D eigenvalue weighted by molar-refractivity contribution is -0.137. The topological polar surface area (TPSA) is 77.1 Å². The average Bonchev–Trinajstić information content (AvgIpc) is 3.26.